The minimum absolute atomic E-state index is 0.0593. The Morgan fingerprint density at radius 2 is 1.75 bits per heavy atom. The number of hydrogen-bond donors (Lipinski definition) is 0. The van der Waals surface area contributed by atoms with E-state index in [1.54, 1.807) is 17.3 Å². The molecule has 5 rings (SSSR count). The molecular weight excluding hydrogens is 356 g/mol. The standard InChI is InChI=1S/C22H18N2O4/c25-22-13-26-12-18-10-17(16-5-7-23-8-6-16)2-3-19(18)24(22)11-15-1-4-20-21(9-15)28-14-27-20/h1-10H,11-14H2. The third-order valence-electron chi connectivity index (χ3n) is 4.95. The van der Waals surface area contributed by atoms with Crippen LogP contribution in [0.5, 0.6) is 11.5 Å². The summed E-state index contributed by atoms with van der Waals surface area (Å²) in [6, 6.07) is 15.8. The van der Waals surface area contributed by atoms with Crippen LogP contribution < -0.4 is 14.4 Å². The molecule has 3 heterocycles. The molecule has 2 aromatic carbocycles. The van der Waals surface area contributed by atoms with Crippen molar-refractivity contribution in [3.05, 3.63) is 72.1 Å². The first-order valence-corrected chi connectivity index (χ1v) is 9.08. The number of benzene rings is 2. The highest BCUT2D eigenvalue weighted by atomic mass is 16.7. The highest BCUT2D eigenvalue weighted by Crippen LogP contribution is 2.35. The molecule has 1 amide bonds. The van der Waals surface area contributed by atoms with Crippen molar-refractivity contribution in [2.45, 2.75) is 13.2 Å². The lowest BCUT2D eigenvalue weighted by Gasteiger charge is -2.23. The minimum atomic E-state index is -0.0620. The summed E-state index contributed by atoms with van der Waals surface area (Å²) in [5, 5.41) is 0. The van der Waals surface area contributed by atoms with Crippen LogP contribution in [0.1, 0.15) is 11.1 Å². The summed E-state index contributed by atoms with van der Waals surface area (Å²) >= 11 is 0. The van der Waals surface area contributed by atoms with Gasteiger partial charge in [0, 0.05) is 23.6 Å². The van der Waals surface area contributed by atoms with Crippen molar-refractivity contribution in [3.63, 3.8) is 0 Å². The monoisotopic (exact) mass is 374 g/mol. The van der Waals surface area contributed by atoms with Gasteiger partial charge in [0.1, 0.15) is 6.61 Å². The molecule has 0 radical (unpaired) electrons. The Bertz CT molecular complexity index is 1040. The zero-order valence-electron chi connectivity index (χ0n) is 15.1. The number of carbonyl (C=O) groups excluding carboxylic acids is 1. The summed E-state index contributed by atoms with van der Waals surface area (Å²) in [5.41, 5.74) is 4.99. The van der Waals surface area contributed by atoms with Crippen LogP contribution in [-0.2, 0) is 22.7 Å². The van der Waals surface area contributed by atoms with Crippen LogP contribution in [0.4, 0.5) is 5.69 Å². The average Bonchev–Trinajstić information content (AvgIpc) is 3.14. The molecule has 140 valence electrons. The third kappa shape index (κ3) is 3.08. The Kier molecular flexibility index (Phi) is 4.18. The zero-order valence-corrected chi connectivity index (χ0v) is 15.1. The van der Waals surface area contributed by atoms with E-state index < -0.39 is 0 Å². The first kappa shape index (κ1) is 16.8. The van der Waals surface area contributed by atoms with Crippen LogP contribution >= 0.6 is 0 Å². The van der Waals surface area contributed by atoms with E-state index in [9.17, 15) is 4.79 Å². The lowest BCUT2D eigenvalue weighted by atomic mass is 10.0. The van der Waals surface area contributed by atoms with Gasteiger partial charge in [-0.2, -0.15) is 0 Å². The van der Waals surface area contributed by atoms with Crippen molar-refractivity contribution in [2.75, 3.05) is 18.3 Å². The van der Waals surface area contributed by atoms with Crippen molar-refractivity contribution >= 4 is 11.6 Å². The first-order chi connectivity index (χ1) is 13.8. The van der Waals surface area contributed by atoms with Gasteiger partial charge >= 0.3 is 0 Å². The Hall–Kier alpha value is -3.38. The molecule has 0 N–H and O–H groups in total. The number of rotatable bonds is 3. The minimum Gasteiger partial charge on any atom is -0.454 e. The fraction of sp³-hybridized carbons (Fsp3) is 0.182. The number of ether oxygens (including phenoxy) is 3. The molecule has 0 spiro atoms. The Morgan fingerprint density at radius 1 is 0.893 bits per heavy atom. The largest absolute Gasteiger partial charge is 0.454 e. The van der Waals surface area contributed by atoms with Crippen LogP contribution in [-0.4, -0.2) is 24.3 Å². The zero-order chi connectivity index (χ0) is 18.9. The summed E-state index contributed by atoms with van der Waals surface area (Å²) in [7, 11) is 0. The molecule has 0 atom stereocenters. The molecule has 6 nitrogen and oxygen atoms in total. The Labute approximate surface area is 162 Å². The molecule has 6 heteroatoms. The van der Waals surface area contributed by atoms with Crippen molar-refractivity contribution in [2.24, 2.45) is 0 Å². The Morgan fingerprint density at radius 3 is 2.64 bits per heavy atom. The van der Waals surface area contributed by atoms with Crippen LogP contribution in [0.3, 0.4) is 0 Å². The number of aromatic nitrogens is 1. The van der Waals surface area contributed by atoms with Crippen molar-refractivity contribution < 1.29 is 19.0 Å². The summed E-state index contributed by atoms with van der Waals surface area (Å²) < 4.78 is 16.4. The summed E-state index contributed by atoms with van der Waals surface area (Å²) in [5.74, 6) is 1.38. The molecular formula is C22H18N2O4. The number of fused-ring (bicyclic) bond motifs is 2. The molecule has 2 aliphatic heterocycles. The molecule has 0 unspecified atom stereocenters. The second-order valence-electron chi connectivity index (χ2n) is 6.74. The molecule has 28 heavy (non-hydrogen) atoms. The van der Waals surface area contributed by atoms with E-state index in [0.29, 0.717) is 18.9 Å². The highest BCUT2D eigenvalue weighted by molar-refractivity contribution is 5.96. The van der Waals surface area contributed by atoms with Crippen LogP contribution in [0.25, 0.3) is 11.1 Å². The van der Waals surface area contributed by atoms with Gasteiger partial charge in [-0.05, 0) is 53.1 Å². The molecule has 3 aromatic rings. The maximum Gasteiger partial charge on any atom is 0.253 e. The average molecular weight is 374 g/mol. The van der Waals surface area contributed by atoms with Gasteiger partial charge in [-0.3, -0.25) is 9.78 Å². The van der Waals surface area contributed by atoms with Gasteiger partial charge in [-0.1, -0.05) is 12.1 Å². The van der Waals surface area contributed by atoms with Crippen molar-refractivity contribution in [3.8, 4) is 22.6 Å². The molecule has 0 fully saturated rings. The molecule has 0 saturated heterocycles. The number of nitrogens with zero attached hydrogens (tertiary/aromatic N) is 2. The maximum absolute atomic E-state index is 12.7. The van der Waals surface area contributed by atoms with Crippen LogP contribution in [0.15, 0.2) is 60.9 Å². The first-order valence-electron chi connectivity index (χ1n) is 9.08. The van der Waals surface area contributed by atoms with E-state index in [2.05, 4.69) is 11.1 Å². The molecule has 1 aromatic heterocycles. The lowest BCUT2D eigenvalue weighted by Crippen LogP contribution is -2.32. The van der Waals surface area contributed by atoms with E-state index in [4.69, 9.17) is 14.2 Å². The molecule has 0 aliphatic carbocycles. The number of pyridine rings is 1. The fourth-order valence-electron chi connectivity index (χ4n) is 3.54. The van der Waals surface area contributed by atoms with Crippen LogP contribution in [0.2, 0.25) is 0 Å². The van der Waals surface area contributed by atoms with E-state index >= 15 is 0 Å². The second kappa shape index (κ2) is 6.98. The topological polar surface area (TPSA) is 60.9 Å². The Balaban J connectivity index is 1.49. The second-order valence-corrected chi connectivity index (χ2v) is 6.74. The summed E-state index contributed by atoms with van der Waals surface area (Å²) in [4.78, 5) is 18.6. The molecule has 0 bridgehead atoms. The number of carbonyl (C=O) groups is 1. The maximum atomic E-state index is 12.7. The van der Waals surface area contributed by atoms with E-state index in [1.165, 1.54) is 0 Å². The SMILES string of the molecule is O=C1COCc2cc(-c3ccncc3)ccc2N1Cc1ccc2c(c1)OCO2. The third-order valence-corrected chi connectivity index (χ3v) is 4.95. The number of amides is 1. The van der Waals surface area contributed by atoms with Crippen molar-refractivity contribution in [1.82, 2.24) is 4.98 Å². The van der Waals surface area contributed by atoms with Gasteiger partial charge in [-0.25, -0.2) is 0 Å². The van der Waals surface area contributed by atoms with Gasteiger partial charge in [0.05, 0.1) is 13.2 Å². The van der Waals surface area contributed by atoms with E-state index in [0.717, 1.165) is 33.7 Å². The van der Waals surface area contributed by atoms with Crippen LogP contribution in [0, 0.1) is 0 Å². The van der Waals surface area contributed by atoms with Gasteiger partial charge in [-0.15, -0.1) is 0 Å². The quantitative estimate of drug-likeness (QED) is 0.702. The number of hydrogen-bond acceptors (Lipinski definition) is 5. The smallest absolute Gasteiger partial charge is 0.253 e. The van der Waals surface area contributed by atoms with Gasteiger partial charge in [0.2, 0.25) is 6.79 Å². The van der Waals surface area contributed by atoms with Gasteiger partial charge < -0.3 is 19.1 Å². The summed E-state index contributed by atoms with van der Waals surface area (Å²) in [6.45, 7) is 1.14. The van der Waals surface area contributed by atoms with Gasteiger partial charge in [0.25, 0.3) is 5.91 Å². The van der Waals surface area contributed by atoms with Gasteiger partial charge in [0.15, 0.2) is 11.5 Å². The van der Waals surface area contributed by atoms with E-state index in [1.807, 2.05) is 42.5 Å². The summed E-state index contributed by atoms with van der Waals surface area (Å²) in [6.07, 6.45) is 3.54. The fourth-order valence-corrected chi connectivity index (χ4v) is 3.54. The van der Waals surface area contributed by atoms with E-state index in [-0.39, 0.29) is 19.3 Å². The molecule has 0 saturated carbocycles. The van der Waals surface area contributed by atoms with Crippen molar-refractivity contribution in [1.29, 1.82) is 0 Å². The number of anilines is 1. The predicted molar refractivity (Wildman–Crippen MR) is 103 cm³/mol. The highest BCUT2D eigenvalue weighted by Gasteiger charge is 2.24. The predicted octanol–water partition coefficient (Wildman–Crippen LogP) is 3.54. The lowest BCUT2D eigenvalue weighted by molar-refractivity contribution is -0.123. The normalized spacial score (nSPS) is 15.3. The molecule has 2 aliphatic rings.